The Morgan fingerprint density at radius 2 is 1.64 bits per heavy atom. The third-order valence-electron chi connectivity index (χ3n) is 3.40. The molecular weight excluding hydrogens is 354 g/mol. The Kier molecular flexibility index (Phi) is 5.67. The van der Waals surface area contributed by atoms with Crippen LogP contribution < -0.4 is 0 Å². The van der Waals surface area contributed by atoms with Crippen LogP contribution in [-0.2, 0) is 9.84 Å². The number of nitrogens with zero attached hydrogens (tertiary/aromatic N) is 2. The van der Waals surface area contributed by atoms with Crippen molar-refractivity contribution in [3.63, 3.8) is 0 Å². The molecule has 3 aromatic rings. The van der Waals surface area contributed by atoms with Crippen molar-refractivity contribution in [2.45, 2.75) is 10.1 Å². The number of hydrogen-bond acceptors (Lipinski definition) is 5. The topological polar surface area (TPSA) is 75.7 Å². The fourth-order valence-electron chi connectivity index (χ4n) is 2.12. The minimum atomic E-state index is -3.27. The maximum absolute atomic E-state index is 12.2. The second-order valence-corrected chi connectivity index (χ2v) is 8.40. The van der Waals surface area contributed by atoms with Gasteiger partial charge < -0.3 is 0 Å². The van der Waals surface area contributed by atoms with Gasteiger partial charge in [-0.3, -0.25) is 5.10 Å². The van der Waals surface area contributed by atoms with Crippen molar-refractivity contribution in [1.29, 1.82) is 0 Å². The molecule has 2 aromatic carbocycles. The minimum absolute atomic E-state index is 0.0470. The van der Waals surface area contributed by atoms with Gasteiger partial charge in [0, 0.05) is 5.75 Å². The standard InChI is InChI=1S/C18H17N3O2S2/c22-25(23,16-9-5-2-6-10-16)14-13-24-18-19-17(20-21-18)12-11-15-7-3-1-4-8-15/h1-12H,13-14H2,(H,19,20,21)/b12-11+. The lowest BCUT2D eigenvalue weighted by molar-refractivity contribution is 0.597. The predicted molar refractivity (Wildman–Crippen MR) is 101 cm³/mol. The van der Waals surface area contributed by atoms with E-state index in [1.165, 1.54) is 11.8 Å². The summed E-state index contributed by atoms with van der Waals surface area (Å²) >= 11 is 1.32. The van der Waals surface area contributed by atoms with Gasteiger partial charge in [-0.2, -0.15) is 0 Å². The number of nitrogens with one attached hydrogen (secondary N) is 1. The fourth-order valence-corrected chi connectivity index (χ4v) is 4.60. The van der Waals surface area contributed by atoms with E-state index in [1.807, 2.05) is 42.5 Å². The number of hydrogen-bond donors (Lipinski definition) is 1. The smallest absolute Gasteiger partial charge is 0.208 e. The highest BCUT2D eigenvalue weighted by Gasteiger charge is 2.14. The first-order valence-electron chi connectivity index (χ1n) is 7.70. The van der Waals surface area contributed by atoms with E-state index in [0.717, 1.165) is 5.56 Å². The van der Waals surface area contributed by atoms with Gasteiger partial charge in [-0.25, -0.2) is 13.4 Å². The van der Waals surface area contributed by atoms with Gasteiger partial charge in [0.25, 0.3) is 0 Å². The highest BCUT2D eigenvalue weighted by molar-refractivity contribution is 8.00. The molecule has 0 unspecified atom stereocenters. The Morgan fingerprint density at radius 3 is 2.36 bits per heavy atom. The Morgan fingerprint density at radius 1 is 0.960 bits per heavy atom. The SMILES string of the molecule is O=S(=O)(CCSc1n[nH]c(/C=C/c2ccccc2)n1)c1ccccc1. The summed E-state index contributed by atoms with van der Waals surface area (Å²) in [4.78, 5) is 4.68. The van der Waals surface area contributed by atoms with Gasteiger partial charge in [0.15, 0.2) is 9.84 Å². The molecule has 0 aliphatic carbocycles. The van der Waals surface area contributed by atoms with Crippen LogP contribution in [0.15, 0.2) is 70.7 Å². The Hall–Kier alpha value is -2.38. The zero-order valence-electron chi connectivity index (χ0n) is 13.4. The lowest BCUT2D eigenvalue weighted by Gasteiger charge is -2.02. The molecule has 5 nitrogen and oxygen atoms in total. The van der Waals surface area contributed by atoms with Gasteiger partial charge in [-0.15, -0.1) is 5.10 Å². The van der Waals surface area contributed by atoms with E-state index in [2.05, 4.69) is 15.2 Å². The Balaban J connectivity index is 1.55. The number of aromatic nitrogens is 3. The molecule has 1 heterocycles. The van der Waals surface area contributed by atoms with Gasteiger partial charge in [0.05, 0.1) is 10.6 Å². The highest BCUT2D eigenvalue weighted by atomic mass is 32.2. The van der Waals surface area contributed by atoms with Gasteiger partial charge in [-0.05, 0) is 23.8 Å². The van der Waals surface area contributed by atoms with Crippen LogP contribution in [0, 0.1) is 0 Å². The molecule has 0 saturated heterocycles. The van der Waals surface area contributed by atoms with Gasteiger partial charge in [0.2, 0.25) is 5.16 Å². The fraction of sp³-hybridized carbons (Fsp3) is 0.111. The maximum Gasteiger partial charge on any atom is 0.208 e. The van der Waals surface area contributed by atoms with E-state index >= 15 is 0 Å². The van der Waals surface area contributed by atoms with Crippen molar-refractivity contribution < 1.29 is 8.42 Å². The van der Waals surface area contributed by atoms with Crippen LogP contribution in [0.3, 0.4) is 0 Å². The van der Waals surface area contributed by atoms with Crippen LogP contribution in [-0.4, -0.2) is 35.1 Å². The molecular formula is C18H17N3O2S2. The molecule has 1 N–H and O–H groups in total. The van der Waals surface area contributed by atoms with Crippen molar-refractivity contribution in [3.05, 3.63) is 72.1 Å². The Bertz CT molecular complexity index is 937. The maximum atomic E-state index is 12.2. The third-order valence-corrected chi connectivity index (χ3v) is 6.24. The van der Waals surface area contributed by atoms with E-state index < -0.39 is 9.84 Å². The normalized spacial score (nSPS) is 11.8. The molecule has 3 rings (SSSR count). The first-order chi connectivity index (χ1) is 12.1. The van der Waals surface area contributed by atoms with Crippen molar-refractivity contribution in [1.82, 2.24) is 15.2 Å². The largest absolute Gasteiger partial charge is 0.259 e. The second-order valence-electron chi connectivity index (χ2n) is 5.23. The molecule has 0 bridgehead atoms. The summed E-state index contributed by atoms with van der Waals surface area (Å²) in [5.41, 5.74) is 1.07. The van der Waals surface area contributed by atoms with E-state index in [9.17, 15) is 8.42 Å². The second kappa shape index (κ2) is 8.13. The van der Waals surface area contributed by atoms with Gasteiger partial charge >= 0.3 is 0 Å². The molecule has 7 heteroatoms. The average Bonchev–Trinajstić information content (AvgIpc) is 3.09. The van der Waals surface area contributed by atoms with Gasteiger partial charge in [-0.1, -0.05) is 66.4 Å². The molecule has 0 spiro atoms. The van der Waals surface area contributed by atoms with Crippen molar-refractivity contribution in [2.75, 3.05) is 11.5 Å². The zero-order chi connectivity index (χ0) is 17.5. The highest BCUT2D eigenvalue weighted by Crippen LogP contribution is 2.17. The van der Waals surface area contributed by atoms with Crippen LogP contribution in [0.5, 0.6) is 0 Å². The zero-order valence-corrected chi connectivity index (χ0v) is 15.0. The lowest BCUT2D eigenvalue weighted by Crippen LogP contribution is -2.08. The first kappa shape index (κ1) is 17.4. The summed E-state index contributed by atoms with van der Waals surface area (Å²) in [5.74, 6) is 1.08. The summed E-state index contributed by atoms with van der Waals surface area (Å²) in [7, 11) is -3.27. The van der Waals surface area contributed by atoms with Crippen LogP contribution in [0.1, 0.15) is 11.4 Å². The molecule has 0 amide bonds. The molecule has 0 aliphatic heterocycles. The van der Waals surface area contributed by atoms with Crippen LogP contribution in [0.4, 0.5) is 0 Å². The molecule has 0 fully saturated rings. The molecule has 0 atom stereocenters. The molecule has 1 aromatic heterocycles. The molecule has 0 radical (unpaired) electrons. The van der Waals surface area contributed by atoms with Crippen LogP contribution in [0.25, 0.3) is 12.2 Å². The van der Waals surface area contributed by atoms with E-state index in [0.29, 0.717) is 21.6 Å². The van der Waals surface area contributed by atoms with E-state index in [4.69, 9.17) is 0 Å². The lowest BCUT2D eigenvalue weighted by atomic mass is 10.2. The molecule has 25 heavy (non-hydrogen) atoms. The summed E-state index contributed by atoms with van der Waals surface area (Å²) in [5, 5.41) is 7.48. The van der Waals surface area contributed by atoms with Crippen molar-refractivity contribution in [2.24, 2.45) is 0 Å². The minimum Gasteiger partial charge on any atom is -0.259 e. The number of thioether (sulfide) groups is 1. The van der Waals surface area contributed by atoms with E-state index in [-0.39, 0.29) is 5.75 Å². The number of sulfone groups is 1. The van der Waals surface area contributed by atoms with Crippen molar-refractivity contribution in [3.8, 4) is 0 Å². The monoisotopic (exact) mass is 371 g/mol. The number of benzene rings is 2. The molecule has 128 valence electrons. The quantitative estimate of drug-likeness (QED) is 0.643. The van der Waals surface area contributed by atoms with Gasteiger partial charge in [0.1, 0.15) is 5.82 Å². The Labute approximate surface area is 151 Å². The average molecular weight is 371 g/mol. The van der Waals surface area contributed by atoms with Crippen LogP contribution in [0.2, 0.25) is 0 Å². The predicted octanol–water partition coefficient (Wildman–Crippen LogP) is 3.54. The van der Waals surface area contributed by atoms with E-state index in [1.54, 1.807) is 30.3 Å². The number of aromatic amines is 1. The summed E-state index contributed by atoms with van der Waals surface area (Å²) in [6, 6.07) is 18.4. The third kappa shape index (κ3) is 5.04. The van der Waals surface area contributed by atoms with Crippen LogP contribution >= 0.6 is 11.8 Å². The number of H-pyrrole nitrogens is 1. The first-order valence-corrected chi connectivity index (χ1v) is 10.3. The number of rotatable bonds is 7. The van der Waals surface area contributed by atoms with Crippen molar-refractivity contribution >= 4 is 33.8 Å². The summed E-state index contributed by atoms with van der Waals surface area (Å²) in [6.07, 6.45) is 3.78. The summed E-state index contributed by atoms with van der Waals surface area (Å²) in [6.45, 7) is 0. The molecule has 0 saturated carbocycles. The summed E-state index contributed by atoms with van der Waals surface area (Å²) < 4.78 is 24.4. The molecule has 0 aliphatic rings.